The third-order valence-electron chi connectivity index (χ3n) is 1.92. The lowest BCUT2D eigenvalue weighted by Gasteiger charge is -2.06. The minimum atomic E-state index is -0.370. The Balaban J connectivity index is 2.21. The third-order valence-corrected chi connectivity index (χ3v) is 2.16. The number of alkyl carbamates (subject to hydrolysis) is 1. The zero-order valence-electron chi connectivity index (χ0n) is 6.79. The van der Waals surface area contributed by atoms with Crippen molar-refractivity contribution in [1.82, 2.24) is 5.32 Å². The van der Waals surface area contributed by atoms with E-state index in [1.165, 1.54) is 0 Å². The molecule has 0 spiro atoms. The third kappa shape index (κ3) is 1.75. The number of carbonyl (C=O) groups excluding carboxylic acids is 1. The molecule has 1 heterocycles. The first kappa shape index (κ1) is 8.38. The fraction of sp³-hybridized carbons (Fsp3) is 0.222. The summed E-state index contributed by atoms with van der Waals surface area (Å²) in [6.07, 6.45) is -0.370. The molecule has 3 nitrogen and oxygen atoms in total. The van der Waals surface area contributed by atoms with Crippen LogP contribution in [0.2, 0.25) is 5.02 Å². The quantitative estimate of drug-likeness (QED) is 0.749. The molecule has 2 rings (SSSR count). The van der Waals surface area contributed by atoms with E-state index in [-0.39, 0.29) is 12.1 Å². The summed E-state index contributed by atoms with van der Waals surface area (Å²) in [5.74, 6) is 0. The standard InChI is InChI=1S/C9H8ClNO2/c10-7-3-1-2-6(4-7)8-5-13-9(12)11-8/h1-4,8H,5H2,(H,11,12)/t8-/m0/s1. The molecule has 1 aromatic carbocycles. The number of cyclic esters (lactones) is 1. The van der Waals surface area contributed by atoms with Gasteiger partial charge >= 0.3 is 6.09 Å². The molecule has 1 aromatic rings. The fourth-order valence-corrected chi connectivity index (χ4v) is 1.49. The minimum absolute atomic E-state index is 0.0637. The molecule has 1 aliphatic rings. The number of ether oxygens (including phenoxy) is 1. The second-order valence-electron chi connectivity index (χ2n) is 2.85. The number of carbonyl (C=O) groups is 1. The lowest BCUT2D eigenvalue weighted by atomic mass is 10.1. The van der Waals surface area contributed by atoms with Gasteiger partial charge in [0.2, 0.25) is 0 Å². The van der Waals surface area contributed by atoms with E-state index in [0.29, 0.717) is 11.6 Å². The second kappa shape index (κ2) is 3.26. The monoisotopic (exact) mass is 197 g/mol. The number of amides is 1. The van der Waals surface area contributed by atoms with Crippen molar-refractivity contribution in [1.29, 1.82) is 0 Å². The summed E-state index contributed by atoms with van der Waals surface area (Å²) in [7, 11) is 0. The molecule has 4 heteroatoms. The Bertz CT molecular complexity index is 340. The van der Waals surface area contributed by atoms with Gasteiger partial charge in [0.15, 0.2) is 0 Å². The van der Waals surface area contributed by atoms with Crippen LogP contribution in [0.5, 0.6) is 0 Å². The molecule has 1 fully saturated rings. The number of hydrogen-bond acceptors (Lipinski definition) is 2. The van der Waals surface area contributed by atoms with Crippen molar-refractivity contribution >= 4 is 17.7 Å². The molecule has 0 unspecified atom stereocenters. The average molecular weight is 198 g/mol. The molecule has 0 aromatic heterocycles. The first-order valence-electron chi connectivity index (χ1n) is 3.94. The smallest absolute Gasteiger partial charge is 0.407 e. The van der Waals surface area contributed by atoms with Crippen molar-refractivity contribution in [2.75, 3.05) is 6.61 Å². The highest BCUT2D eigenvalue weighted by Gasteiger charge is 2.23. The molecular formula is C9H8ClNO2. The molecule has 1 saturated heterocycles. The van der Waals surface area contributed by atoms with Crippen molar-refractivity contribution in [3.05, 3.63) is 34.9 Å². The van der Waals surface area contributed by atoms with Crippen LogP contribution in [0.25, 0.3) is 0 Å². The topological polar surface area (TPSA) is 38.3 Å². The van der Waals surface area contributed by atoms with Crippen LogP contribution in [0.15, 0.2) is 24.3 Å². The van der Waals surface area contributed by atoms with Crippen molar-refractivity contribution < 1.29 is 9.53 Å². The minimum Gasteiger partial charge on any atom is -0.447 e. The Morgan fingerprint density at radius 3 is 3.00 bits per heavy atom. The van der Waals surface area contributed by atoms with Gasteiger partial charge in [0.05, 0.1) is 6.04 Å². The van der Waals surface area contributed by atoms with Crippen LogP contribution in [0.4, 0.5) is 4.79 Å². The average Bonchev–Trinajstić information content (AvgIpc) is 2.52. The number of benzene rings is 1. The summed E-state index contributed by atoms with van der Waals surface area (Å²) in [4.78, 5) is 10.7. The highest BCUT2D eigenvalue weighted by Crippen LogP contribution is 2.20. The first-order valence-corrected chi connectivity index (χ1v) is 4.32. The maximum absolute atomic E-state index is 10.7. The van der Waals surface area contributed by atoms with E-state index in [2.05, 4.69) is 5.32 Å². The fourth-order valence-electron chi connectivity index (χ4n) is 1.29. The summed E-state index contributed by atoms with van der Waals surface area (Å²) in [6, 6.07) is 7.31. The Morgan fingerprint density at radius 2 is 2.38 bits per heavy atom. The Hall–Kier alpha value is -1.22. The number of hydrogen-bond donors (Lipinski definition) is 1. The Morgan fingerprint density at radius 1 is 1.54 bits per heavy atom. The highest BCUT2D eigenvalue weighted by atomic mass is 35.5. The van der Waals surface area contributed by atoms with Crippen molar-refractivity contribution in [3.63, 3.8) is 0 Å². The molecule has 0 saturated carbocycles. The SMILES string of the molecule is O=C1N[C@H](c2cccc(Cl)c2)CO1. The summed E-state index contributed by atoms with van der Waals surface area (Å²) >= 11 is 5.81. The van der Waals surface area contributed by atoms with Crippen LogP contribution in [0.3, 0.4) is 0 Å². The summed E-state index contributed by atoms with van der Waals surface area (Å²) in [5.41, 5.74) is 0.971. The van der Waals surface area contributed by atoms with Gasteiger partial charge in [0.25, 0.3) is 0 Å². The van der Waals surface area contributed by atoms with Crippen molar-refractivity contribution in [2.24, 2.45) is 0 Å². The van der Waals surface area contributed by atoms with Crippen molar-refractivity contribution in [3.8, 4) is 0 Å². The number of halogens is 1. The zero-order valence-corrected chi connectivity index (χ0v) is 7.54. The molecule has 13 heavy (non-hydrogen) atoms. The molecule has 0 radical (unpaired) electrons. The molecule has 1 amide bonds. The van der Waals surface area contributed by atoms with Crippen molar-refractivity contribution in [2.45, 2.75) is 6.04 Å². The normalized spacial score (nSPS) is 21.0. The lowest BCUT2D eigenvalue weighted by molar-refractivity contribution is 0.177. The van der Waals surface area contributed by atoms with E-state index in [4.69, 9.17) is 16.3 Å². The first-order chi connectivity index (χ1) is 6.25. The predicted molar refractivity (Wildman–Crippen MR) is 48.7 cm³/mol. The molecule has 68 valence electrons. The van der Waals surface area contributed by atoms with E-state index < -0.39 is 0 Å². The summed E-state index contributed by atoms with van der Waals surface area (Å²) in [6.45, 7) is 0.374. The maximum atomic E-state index is 10.7. The highest BCUT2D eigenvalue weighted by molar-refractivity contribution is 6.30. The van der Waals surface area contributed by atoms with Crippen LogP contribution >= 0.6 is 11.6 Å². The molecule has 1 aliphatic heterocycles. The zero-order chi connectivity index (χ0) is 9.26. The van der Waals surface area contributed by atoms with E-state index in [1.807, 2.05) is 18.2 Å². The van der Waals surface area contributed by atoms with Crippen LogP contribution in [0.1, 0.15) is 11.6 Å². The summed E-state index contributed by atoms with van der Waals surface area (Å²) < 4.78 is 4.77. The van der Waals surface area contributed by atoms with E-state index in [9.17, 15) is 4.79 Å². The van der Waals surface area contributed by atoms with Gasteiger partial charge < -0.3 is 10.1 Å². The van der Waals surface area contributed by atoms with Gasteiger partial charge in [-0.1, -0.05) is 23.7 Å². The van der Waals surface area contributed by atoms with Crippen LogP contribution < -0.4 is 5.32 Å². The molecule has 0 bridgehead atoms. The van der Waals surface area contributed by atoms with Gasteiger partial charge in [0.1, 0.15) is 6.61 Å². The number of rotatable bonds is 1. The van der Waals surface area contributed by atoms with Crippen LogP contribution in [-0.4, -0.2) is 12.7 Å². The van der Waals surface area contributed by atoms with Gasteiger partial charge in [-0.2, -0.15) is 0 Å². The predicted octanol–water partition coefficient (Wildman–Crippen LogP) is 2.12. The van der Waals surface area contributed by atoms with Gasteiger partial charge in [-0.05, 0) is 17.7 Å². The van der Waals surface area contributed by atoms with Crippen LogP contribution in [0, 0.1) is 0 Å². The molecule has 0 aliphatic carbocycles. The lowest BCUT2D eigenvalue weighted by Crippen LogP contribution is -2.18. The number of nitrogens with one attached hydrogen (secondary N) is 1. The Kier molecular flexibility index (Phi) is 2.10. The van der Waals surface area contributed by atoms with Gasteiger partial charge in [-0.25, -0.2) is 4.79 Å². The van der Waals surface area contributed by atoms with E-state index >= 15 is 0 Å². The molecular weight excluding hydrogens is 190 g/mol. The Labute approximate surface area is 80.6 Å². The molecule has 1 N–H and O–H groups in total. The second-order valence-corrected chi connectivity index (χ2v) is 3.29. The summed E-state index contributed by atoms with van der Waals surface area (Å²) in [5, 5.41) is 3.34. The van der Waals surface area contributed by atoms with Crippen LogP contribution in [-0.2, 0) is 4.74 Å². The molecule has 1 atom stereocenters. The van der Waals surface area contributed by atoms with Gasteiger partial charge in [0, 0.05) is 5.02 Å². The van der Waals surface area contributed by atoms with E-state index in [0.717, 1.165) is 5.56 Å². The van der Waals surface area contributed by atoms with Gasteiger partial charge in [-0.15, -0.1) is 0 Å². The van der Waals surface area contributed by atoms with E-state index in [1.54, 1.807) is 6.07 Å². The van der Waals surface area contributed by atoms with Gasteiger partial charge in [-0.3, -0.25) is 0 Å². The maximum Gasteiger partial charge on any atom is 0.407 e. The largest absolute Gasteiger partial charge is 0.447 e.